The van der Waals surface area contributed by atoms with Gasteiger partial charge in [0, 0.05) is 30.0 Å². The molecule has 0 saturated heterocycles. The first-order chi connectivity index (χ1) is 9.49. The molecule has 0 bridgehead atoms. The number of nitrogens with two attached hydrogens (primary N) is 1. The maximum atomic E-state index is 13.5. The number of benzene rings is 1. The predicted octanol–water partition coefficient (Wildman–Crippen LogP) is 2.24. The Labute approximate surface area is 119 Å². The van der Waals surface area contributed by atoms with E-state index in [0.717, 1.165) is 12.8 Å². The van der Waals surface area contributed by atoms with Gasteiger partial charge in [-0.2, -0.15) is 0 Å². The average Bonchev–Trinajstić information content (AvgIpc) is 2.41. The zero-order chi connectivity index (χ0) is 15.1. The molecule has 0 aliphatic rings. The molecule has 0 fully saturated rings. The number of nitrogen functional groups attached to an aromatic ring is 1. The van der Waals surface area contributed by atoms with E-state index in [9.17, 15) is 9.18 Å². The van der Waals surface area contributed by atoms with E-state index in [4.69, 9.17) is 10.8 Å². The van der Waals surface area contributed by atoms with E-state index >= 15 is 0 Å². The lowest BCUT2D eigenvalue weighted by Crippen LogP contribution is -2.30. The van der Waals surface area contributed by atoms with Crippen molar-refractivity contribution in [1.29, 1.82) is 0 Å². The normalized spacial score (nSPS) is 12.2. The molecule has 0 saturated carbocycles. The van der Waals surface area contributed by atoms with Gasteiger partial charge in [-0.15, -0.1) is 0 Å². The summed E-state index contributed by atoms with van der Waals surface area (Å²) in [5.41, 5.74) is 6.51. The van der Waals surface area contributed by atoms with Gasteiger partial charge in [-0.3, -0.25) is 4.79 Å². The Morgan fingerprint density at radius 2 is 2.15 bits per heavy atom. The van der Waals surface area contributed by atoms with E-state index in [1.165, 1.54) is 12.1 Å². The average molecular weight is 282 g/mol. The molecular formula is C15H23FN2O2. The van der Waals surface area contributed by atoms with Gasteiger partial charge in [0.25, 0.3) is 5.91 Å². The lowest BCUT2D eigenvalue weighted by Gasteiger charge is -2.16. The van der Waals surface area contributed by atoms with Gasteiger partial charge in [0.2, 0.25) is 0 Å². The second-order valence-corrected chi connectivity index (χ2v) is 5.05. The Kier molecular flexibility index (Phi) is 6.45. The predicted molar refractivity (Wildman–Crippen MR) is 78.0 cm³/mol. The lowest BCUT2D eigenvalue weighted by atomic mass is 10.00. The van der Waals surface area contributed by atoms with Gasteiger partial charge in [0.1, 0.15) is 5.82 Å². The number of aliphatic hydroxyl groups is 1. The minimum atomic E-state index is -0.476. The Balaban J connectivity index is 2.66. The van der Waals surface area contributed by atoms with Crippen molar-refractivity contribution in [2.45, 2.75) is 33.1 Å². The van der Waals surface area contributed by atoms with Crippen LogP contribution in [0.5, 0.6) is 0 Å². The summed E-state index contributed by atoms with van der Waals surface area (Å²) in [6.07, 6.45) is 2.58. The largest absolute Gasteiger partial charge is 0.398 e. The van der Waals surface area contributed by atoms with E-state index in [1.807, 2.05) is 0 Å². The molecule has 1 amide bonds. The molecular weight excluding hydrogens is 259 g/mol. The summed E-state index contributed by atoms with van der Waals surface area (Å²) in [6.45, 7) is 4.21. The van der Waals surface area contributed by atoms with Gasteiger partial charge >= 0.3 is 0 Å². The first-order valence-corrected chi connectivity index (χ1v) is 6.94. The summed E-state index contributed by atoms with van der Waals surface area (Å²) in [6, 6.07) is 2.68. The summed E-state index contributed by atoms with van der Waals surface area (Å²) < 4.78 is 13.5. The van der Waals surface area contributed by atoms with Gasteiger partial charge in [-0.25, -0.2) is 4.39 Å². The van der Waals surface area contributed by atoms with Gasteiger partial charge < -0.3 is 16.2 Å². The van der Waals surface area contributed by atoms with Crippen LogP contribution in [0.3, 0.4) is 0 Å². The monoisotopic (exact) mass is 282 g/mol. The second-order valence-electron chi connectivity index (χ2n) is 5.05. The number of carbonyl (C=O) groups excluding carboxylic acids is 1. The fourth-order valence-electron chi connectivity index (χ4n) is 2.11. The van der Waals surface area contributed by atoms with Gasteiger partial charge in [0.05, 0.1) is 0 Å². The third-order valence-electron chi connectivity index (χ3n) is 3.43. The zero-order valence-electron chi connectivity index (χ0n) is 12.1. The SMILES string of the molecule is CCCC(CCO)CNC(=O)c1cc(N)c(C)c(F)c1. The highest BCUT2D eigenvalue weighted by Gasteiger charge is 2.13. The molecule has 5 heteroatoms. The molecule has 0 aliphatic heterocycles. The molecule has 1 rings (SSSR count). The van der Waals surface area contributed by atoms with Crippen LogP contribution in [-0.4, -0.2) is 24.2 Å². The van der Waals surface area contributed by atoms with E-state index in [2.05, 4.69) is 12.2 Å². The molecule has 4 N–H and O–H groups in total. The van der Waals surface area contributed by atoms with Crippen molar-refractivity contribution in [3.8, 4) is 0 Å². The molecule has 0 aromatic heterocycles. The topological polar surface area (TPSA) is 75.3 Å². The number of hydrogen-bond donors (Lipinski definition) is 3. The number of rotatable bonds is 7. The fourth-order valence-corrected chi connectivity index (χ4v) is 2.11. The summed E-state index contributed by atoms with van der Waals surface area (Å²) in [4.78, 5) is 12.0. The van der Waals surface area contributed by atoms with Crippen LogP contribution in [0.4, 0.5) is 10.1 Å². The molecule has 0 spiro atoms. The number of aliphatic hydroxyl groups excluding tert-OH is 1. The van der Waals surface area contributed by atoms with Crippen LogP contribution in [-0.2, 0) is 0 Å². The summed E-state index contributed by atoms with van der Waals surface area (Å²) >= 11 is 0. The zero-order valence-corrected chi connectivity index (χ0v) is 12.1. The van der Waals surface area contributed by atoms with Crippen LogP contribution in [0.1, 0.15) is 42.1 Å². The van der Waals surface area contributed by atoms with Gasteiger partial charge in [-0.1, -0.05) is 13.3 Å². The van der Waals surface area contributed by atoms with Crippen molar-refractivity contribution in [2.24, 2.45) is 5.92 Å². The van der Waals surface area contributed by atoms with Crippen molar-refractivity contribution in [2.75, 3.05) is 18.9 Å². The number of nitrogens with one attached hydrogen (secondary N) is 1. The molecule has 1 atom stereocenters. The smallest absolute Gasteiger partial charge is 0.251 e. The molecule has 0 heterocycles. The van der Waals surface area contributed by atoms with Crippen molar-refractivity contribution >= 4 is 11.6 Å². The Morgan fingerprint density at radius 3 is 2.70 bits per heavy atom. The van der Waals surface area contributed by atoms with Crippen LogP contribution in [0, 0.1) is 18.7 Å². The molecule has 112 valence electrons. The van der Waals surface area contributed by atoms with Crippen molar-refractivity contribution in [3.63, 3.8) is 0 Å². The first kappa shape index (κ1) is 16.4. The Morgan fingerprint density at radius 1 is 1.45 bits per heavy atom. The van der Waals surface area contributed by atoms with Crippen LogP contribution in [0.2, 0.25) is 0 Å². The molecule has 1 unspecified atom stereocenters. The molecule has 0 aliphatic carbocycles. The number of amides is 1. The molecule has 4 nitrogen and oxygen atoms in total. The van der Waals surface area contributed by atoms with Gasteiger partial charge in [0.15, 0.2) is 0 Å². The number of halogens is 1. The molecule has 1 aromatic carbocycles. The molecule has 0 radical (unpaired) electrons. The summed E-state index contributed by atoms with van der Waals surface area (Å²) in [5, 5.41) is 11.7. The van der Waals surface area contributed by atoms with Crippen LogP contribution >= 0.6 is 0 Å². The summed E-state index contributed by atoms with van der Waals surface area (Å²) in [5.74, 6) is -0.577. The fraction of sp³-hybridized carbons (Fsp3) is 0.533. The van der Waals surface area contributed by atoms with Crippen molar-refractivity contribution in [1.82, 2.24) is 5.32 Å². The Hall–Kier alpha value is -1.62. The highest BCUT2D eigenvalue weighted by molar-refractivity contribution is 5.95. The van der Waals surface area contributed by atoms with Gasteiger partial charge in [-0.05, 0) is 37.8 Å². The maximum absolute atomic E-state index is 13.5. The quantitative estimate of drug-likeness (QED) is 0.671. The summed E-state index contributed by atoms with van der Waals surface area (Å²) in [7, 11) is 0. The van der Waals surface area contributed by atoms with Crippen LogP contribution in [0.25, 0.3) is 0 Å². The van der Waals surface area contributed by atoms with E-state index in [1.54, 1.807) is 6.92 Å². The standard InChI is InChI=1S/C15H23FN2O2/c1-3-4-11(5-6-19)9-18-15(20)12-7-13(16)10(2)14(17)8-12/h7-8,11,19H,3-6,9,17H2,1-2H3,(H,18,20). The molecule has 20 heavy (non-hydrogen) atoms. The minimum absolute atomic E-state index is 0.104. The van der Waals surface area contributed by atoms with Crippen molar-refractivity contribution < 1.29 is 14.3 Å². The highest BCUT2D eigenvalue weighted by atomic mass is 19.1. The van der Waals surface area contributed by atoms with E-state index < -0.39 is 5.82 Å². The van der Waals surface area contributed by atoms with Crippen LogP contribution in [0.15, 0.2) is 12.1 Å². The van der Waals surface area contributed by atoms with E-state index in [0.29, 0.717) is 18.5 Å². The molecule has 1 aromatic rings. The lowest BCUT2D eigenvalue weighted by molar-refractivity contribution is 0.0942. The number of anilines is 1. The number of carbonyl (C=O) groups is 1. The van der Waals surface area contributed by atoms with Crippen molar-refractivity contribution in [3.05, 3.63) is 29.1 Å². The second kappa shape index (κ2) is 7.85. The number of hydrogen-bond acceptors (Lipinski definition) is 3. The minimum Gasteiger partial charge on any atom is -0.398 e. The Bertz CT molecular complexity index is 434. The highest BCUT2D eigenvalue weighted by Crippen LogP contribution is 2.17. The first-order valence-electron chi connectivity index (χ1n) is 6.94. The third-order valence-corrected chi connectivity index (χ3v) is 3.43. The maximum Gasteiger partial charge on any atom is 0.251 e. The third kappa shape index (κ3) is 4.49. The van der Waals surface area contributed by atoms with E-state index in [-0.39, 0.29) is 29.7 Å². The van der Waals surface area contributed by atoms with Crippen LogP contribution < -0.4 is 11.1 Å².